The Morgan fingerprint density at radius 1 is 1.22 bits per heavy atom. The first-order valence-electron chi connectivity index (χ1n) is 5.47. The molecule has 0 heterocycles. The highest BCUT2D eigenvalue weighted by molar-refractivity contribution is 6.07. The van der Waals surface area contributed by atoms with Gasteiger partial charge in [-0.25, -0.2) is 0 Å². The lowest BCUT2D eigenvalue weighted by atomic mass is 10.0. The number of methoxy groups -OCH3 is 2. The molecular weight excluding hydrogens is 232 g/mol. The zero-order valence-electron chi connectivity index (χ0n) is 10.5. The van der Waals surface area contributed by atoms with Crippen LogP contribution in [0.15, 0.2) is 24.3 Å². The Labute approximate surface area is 105 Å². The Bertz CT molecular complexity index is 617. The van der Waals surface area contributed by atoms with Crippen molar-refractivity contribution >= 4 is 16.6 Å². The molecule has 2 aromatic rings. The molecule has 0 spiro atoms. The second-order valence-corrected chi connectivity index (χ2v) is 3.92. The smallest absolute Gasteiger partial charge is 0.163 e. The molecule has 4 heteroatoms. The molecule has 0 saturated carbocycles. The number of hydrogen-bond donors (Lipinski definition) is 1. The van der Waals surface area contributed by atoms with Crippen molar-refractivity contribution in [3.8, 4) is 17.2 Å². The van der Waals surface area contributed by atoms with Crippen molar-refractivity contribution in [2.45, 2.75) is 6.92 Å². The summed E-state index contributed by atoms with van der Waals surface area (Å²) < 4.78 is 10.6. The third-order valence-corrected chi connectivity index (χ3v) is 2.86. The van der Waals surface area contributed by atoms with Gasteiger partial charge in [0.05, 0.1) is 25.2 Å². The van der Waals surface area contributed by atoms with Gasteiger partial charge in [-0.05, 0) is 19.1 Å². The average Bonchev–Trinajstić information content (AvgIpc) is 2.37. The van der Waals surface area contributed by atoms with Gasteiger partial charge >= 0.3 is 0 Å². The van der Waals surface area contributed by atoms with Crippen molar-refractivity contribution in [2.24, 2.45) is 0 Å². The number of fused-ring (bicyclic) bond motifs is 1. The lowest BCUT2D eigenvalue weighted by Crippen LogP contribution is -1.99. The monoisotopic (exact) mass is 246 g/mol. The first-order valence-corrected chi connectivity index (χ1v) is 5.47. The van der Waals surface area contributed by atoms with E-state index in [0.29, 0.717) is 27.8 Å². The first kappa shape index (κ1) is 12.2. The molecule has 0 atom stereocenters. The van der Waals surface area contributed by atoms with Crippen LogP contribution in [0, 0.1) is 0 Å². The summed E-state index contributed by atoms with van der Waals surface area (Å²) in [5.74, 6) is 0.848. The maximum Gasteiger partial charge on any atom is 0.163 e. The molecule has 18 heavy (non-hydrogen) atoms. The number of phenols is 1. The number of benzene rings is 2. The van der Waals surface area contributed by atoms with E-state index in [1.165, 1.54) is 27.2 Å². The molecule has 0 aromatic heterocycles. The highest BCUT2D eigenvalue weighted by Crippen LogP contribution is 2.41. The summed E-state index contributed by atoms with van der Waals surface area (Å²) in [6.45, 7) is 1.43. The number of Topliss-reactive ketones (excluding diaryl/α,β-unsaturated/α-hetero) is 1. The van der Waals surface area contributed by atoms with Crippen molar-refractivity contribution in [1.29, 1.82) is 0 Å². The van der Waals surface area contributed by atoms with E-state index in [2.05, 4.69) is 0 Å². The van der Waals surface area contributed by atoms with Gasteiger partial charge in [0.25, 0.3) is 0 Å². The van der Waals surface area contributed by atoms with E-state index in [4.69, 9.17) is 9.47 Å². The third-order valence-electron chi connectivity index (χ3n) is 2.86. The van der Waals surface area contributed by atoms with E-state index in [0.717, 1.165) is 0 Å². The Morgan fingerprint density at radius 3 is 2.50 bits per heavy atom. The standard InChI is InChI=1S/C14H14O4/c1-8(15)10-7-11(16)9-5-4-6-12(17-2)13(9)14(10)18-3/h4-7,16H,1-3H3. The van der Waals surface area contributed by atoms with Gasteiger partial charge in [-0.2, -0.15) is 0 Å². The molecule has 0 bridgehead atoms. The van der Waals surface area contributed by atoms with Crippen molar-refractivity contribution in [1.82, 2.24) is 0 Å². The van der Waals surface area contributed by atoms with Gasteiger partial charge in [0.2, 0.25) is 0 Å². The second-order valence-electron chi connectivity index (χ2n) is 3.92. The number of carbonyl (C=O) groups excluding carboxylic acids is 1. The Balaban J connectivity index is 2.97. The summed E-state index contributed by atoms with van der Waals surface area (Å²) in [5, 5.41) is 11.2. The summed E-state index contributed by atoms with van der Waals surface area (Å²) in [6.07, 6.45) is 0. The van der Waals surface area contributed by atoms with Gasteiger partial charge in [0.1, 0.15) is 17.2 Å². The quantitative estimate of drug-likeness (QED) is 0.846. The largest absolute Gasteiger partial charge is 0.507 e. The summed E-state index contributed by atoms with van der Waals surface area (Å²) in [4.78, 5) is 11.6. The zero-order valence-corrected chi connectivity index (χ0v) is 10.5. The van der Waals surface area contributed by atoms with Gasteiger partial charge in [0, 0.05) is 5.39 Å². The molecule has 2 aromatic carbocycles. The predicted molar refractivity (Wildman–Crippen MR) is 68.7 cm³/mol. The van der Waals surface area contributed by atoms with Gasteiger partial charge in [0.15, 0.2) is 5.78 Å². The molecule has 4 nitrogen and oxygen atoms in total. The van der Waals surface area contributed by atoms with E-state index < -0.39 is 0 Å². The zero-order chi connectivity index (χ0) is 13.3. The molecule has 0 saturated heterocycles. The van der Waals surface area contributed by atoms with Crippen molar-refractivity contribution in [2.75, 3.05) is 14.2 Å². The molecule has 0 aliphatic heterocycles. The fourth-order valence-corrected chi connectivity index (χ4v) is 2.04. The molecule has 0 unspecified atom stereocenters. The van der Waals surface area contributed by atoms with Crippen molar-refractivity contribution < 1.29 is 19.4 Å². The molecule has 0 amide bonds. The average molecular weight is 246 g/mol. The maximum absolute atomic E-state index is 11.6. The Morgan fingerprint density at radius 2 is 1.94 bits per heavy atom. The number of aromatic hydroxyl groups is 1. The van der Waals surface area contributed by atoms with E-state index >= 15 is 0 Å². The fourth-order valence-electron chi connectivity index (χ4n) is 2.04. The lowest BCUT2D eigenvalue weighted by molar-refractivity contribution is 0.101. The van der Waals surface area contributed by atoms with Crippen molar-refractivity contribution in [3.05, 3.63) is 29.8 Å². The maximum atomic E-state index is 11.6. The van der Waals surface area contributed by atoms with Crippen LogP contribution in [0.3, 0.4) is 0 Å². The number of ketones is 1. The van der Waals surface area contributed by atoms with E-state index in [-0.39, 0.29) is 11.5 Å². The van der Waals surface area contributed by atoms with Crippen LogP contribution < -0.4 is 9.47 Å². The topological polar surface area (TPSA) is 55.8 Å². The molecule has 2 rings (SSSR count). The molecule has 1 N–H and O–H groups in total. The summed E-state index contributed by atoms with van der Waals surface area (Å²) >= 11 is 0. The lowest BCUT2D eigenvalue weighted by Gasteiger charge is -2.14. The highest BCUT2D eigenvalue weighted by Gasteiger charge is 2.18. The Hall–Kier alpha value is -2.23. The minimum atomic E-state index is -0.171. The number of phenolic OH excluding ortho intramolecular Hbond substituents is 1. The number of carbonyl (C=O) groups is 1. The van der Waals surface area contributed by atoms with E-state index in [1.807, 2.05) is 0 Å². The van der Waals surface area contributed by atoms with Gasteiger partial charge in [-0.1, -0.05) is 12.1 Å². The number of rotatable bonds is 3. The molecule has 0 radical (unpaired) electrons. The van der Waals surface area contributed by atoms with Crippen LogP contribution in [0.4, 0.5) is 0 Å². The van der Waals surface area contributed by atoms with Crippen LogP contribution in [0.25, 0.3) is 10.8 Å². The summed E-state index contributed by atoms with van der Waals surface area (Å²) in [7, 11) is 3.02. The van der Waals surface area contributed by atoms with Crippen LogP contribution in [-0.2, 0) is 0 Å². The van der Waals surface area contributed by atoms with Gasteiger partial charge in [-0.3, -0.25) is 4.79 Å². The molecule has 0 aliphatic rings. The van der Waals surface area contributed by atoms with Crippen LogP contribution in [0.2, 0.25) is 0 Å². The normalized spacial score (nSPS) is 10.4. The highest BCUT2D eigenvalue weighted by atomic mass is 16.5. The van der Waals surface area contributed by atoms with E-state index in [1.54, 1.807) is 18.2 Å². The van der Waals surface area contributed by atoms with Gasteiger partial charge < -0.3 is 14.6 Å². The van der Waals surface area contributed by atoms with Crippen LogP contribution in [-0.4, -0.2) is 25.1 Å². The van der Waals surface area contributed by atoms with Crippen LogP contribution >= 0.6 is 0 Å². The van der Waals surface area contributed by atoms with E-state index in [9.17, 15) is 9.90 Å². The third kappa shape index (κ3) is 1.76. The molecule has 94 valence electrons. The second kappa shape index (κ2) is 4.56. The van der Waals surface area contributed by atoms with Gasteiger partial charge in [-0.15, -0.1) is 0 Å². The molecule has 0 aliphatic carbocycles. The van der Waals surface area contributed by atoms with Crippen LogP contribution in [0.5, 0.6) is 17.2 Å². The minimum Gasteiger partial charge on any atom is -0.507 e. The van der Waals surface area contributed by atoms with Crippen molar-refractivity contribution in [3.63, 3.8) is 0 Å². The Kier molecular flexibility index (Phi) is 3.10. The minimum absolute atomic E-state index is 0.0369. The predicted octanol–water partition coefficient (Wildman–Crippen LogP) is 2.77. The number of hydrogen-bond acceptors (Lipinski definition) is 4. The SMILES string of the molecule is COc1cccc2c(O)cc(C(C)=O)c(OC)c12. The fraction of sp³-hybridized carbons (Fsp3) is 0.214. The molecule has 0 fully saturated rings. The van der Waals surface area contributed by atoms with Crippen LogP contribution in [0.1, 0.15) is 17.3 Å². The summed E-state index contributed by atoms with van der Waals surface area (Å²) in [5.41, 5.74) is 0.340. The first-order chi connectivity index (χ1) is 8.60. The number of ether oxygens (including phenoxy) is 2. The molecular formula is C14H14O4. The summed E-state index contributed by atoms with van der Waals surface area (Å²) in [6, 6.07) is 6.70.